The highest BCUT2D eigenvalue weighted by Crippen LogP contribution is 2.17. The van der Waals surface area contributed by atoms with E-state index in [9.17, 15) is 14.4 Å². The van der Waals surface area contributed by atoms with E-state index in [0.717, 1.165) is 5.56 Å². The summed E-state index contributed by atoms with van der Waals surface area (Å²) < 4.78 is 0. The zero-order valence-corrected chi connectivity index (χ0v) is 19.9. The van der Waals surface area contributed by atoms with Gasteiger partial charge in [0.1, 0.15) is 0 Å². The Labute approximate surface area is 200 Å². The van der Waals surface area contributed by atoms with Crippen LogP contribution >= 0.6 is 11.6 Å². The van der Waals surface area contributed by atoms with Crippen LogP contribution in [0.15, 0.2) is 48.5 Å². The number of benzene rings is 2. The molecular formula is C25H31ClN4O3. The lowest BCUT2D eigenvalue weighted by Gasteiger charge is -2.34. The number of anilines is 1. The van der Waals surface area contributed by atoms with Gasteiger partial charge in [0.05, 0.1) is 24.2 Å². The molecular weight excluding hydrogens is 440 g/mol. The number of carbonyl (C=O) groups excluding carboxylic acids is 3. The Balaban J connectivity index is 1.48. The average molecular weight is 471 g/mol. The summed E-state index contributed by atoms with van der Waals surface area (Å²) in [6, 6.07) is 14.4. The van der Waals surface area contributed by atoms with Crippen molar-refractivity contribution in [3.8, 4) is 0 Å². The number of halogens is 1. The summed E-state index contributed by atoms with van der Waals surface area (Å²) in [6.45, 7) is 7.16. The second-order valence-electron chi connectivity index (χ2n) is 8.62. The van der Waals surface area contributed by atoms with Gasteiger partial charge in [0.25, 0.3) is 5.91 Å². The smallest absolute Gasteiger partial charge is 0.253 e. The molecule has 2 aromatic carbocycles. The van der Waals surface area contributed by atoms with Crippen molar-refractivity contribution < 1.29 is 14.4 Å². The second kappa shape index (κ2) is 11.8. The third-order valence-corrected chi connectivity index (χ3v) is 5.88. The Hall–Kier alpha value is -2.90. The van der Waals surface area contributed by atoms with E-state index in [4.69, 9.17) is 11.6 Å². The normalized spacial score (nSPS) is 14.2. The first-order chi connectivity index (χ1) is 15.8. The lowest BCUT2D eigenvalue weighted by Crippen LogP contribution is -2.50. The van der Waals surface area contributed by atoms with Crippen LogP contribution in [0, 0.1) is 5.92 Å². The number of nitrogens with zero attached hydrogens (tertiary/aromatic N) is 2. The molecule has 0 aromatic heterocycles. The number of carbonyl (C=O) groups is 3. The van der Waals surface area contributed by atoms with Crippen LogP contribution in [-0.2, 0) is 16.0 Å². The molecule has 0 unspecified atom stereocenters. The molecule has 0 aliphatic carbocycles. The molecule has 0 radical (unpaired) electrons. The average Bonchev–Trinajstić information content (AvgIpc) is 2.79. The van der Waals surface area contributed by atoms with Crippen molar-refractivity contribution in [3.05, 3.63) is 64.7 Å². The first-order valence-electron chi connectivity index (χ1n) is 11.2. The molecule has 2 N–H and O–H groups in total. The van der Waals surface area contributed by atoms with Crippen molar-refractivity contribution in [1.82, 2.24) is 15.1 Å². The highest BCUT2D eigenvalue weighted by molar-refractivity contribution is 6.31. The summed E-state index contributed by atoms with van der Waals surface area (Å²) >= 11 is 6.17. The second-order valence-corrected chi connectivity index (χ2v) is 9.03. The third kappa shape index (κ3) is 7.30. The molecule has 8 heteroatoms. The first kappa shape index (κ1) is 24.7. The molecule has 176 valence electrons. The van der Waals surface area contributed by atoms with Gasteiger partial charge >= 0.3 is 0 Å². The van der Waals surface area contributed by atoms with E-state index < -0.39 is 0 Å². The number of hydrogen-bond acceptors (Lipinski definition) is 4. The van der Waals surface area contributed by atoms with Gasteiger partial charge in [-0.1, -0.05) is 55.8 Å². The Morgan fingerprint density at radius 3 is 2.33 bits per heavy atom. The zero-order valence-electron chi connectivity index (χ0n) is 19.1. The fourth-order valence-electron chi connectivity index (χ4n) is 3.65. The molecule has 0 spiro atoms. The lowest BCUT2D eigenvalue weighted by molar-refractivity contribution is -0.132. The van der Waals surface area contributed by atoms with Crippen LogP contribution in [0.25, 0.3) is 0 Å². The van der Waals surface area contributed by atoms with Gasteiger partial charge in [-0.3, -0.25) is 19.3 Å². The Morgan fingerprint density at radius 1 is 0.970 bits per heavy atom. The van der Waals surface area contributed by atoms with Gasteiger partial charge in [0.2, 0.25) is 11.8 Å². The summed E-state index contributed by atoms with van der Waals surface area (Å²) in [6.07, 6.45) is 0.274. The van der Waals surface area contributed by atoms with Gasteiger partial charge in [0.15, 0.2) is 0 Å². The number of para-hydroxylation sites is 1. The number of amides is 3. The SMILES string of the molecule is CC(C)CNC(=O)c1ccccc1NC(=O)CN1CCN(C(=O)Cc2ccccc2Cl)CC1. The highest BCUT2D eigenvalue weighted by atomic mass is 35.5. The van der Waals surface area contributed by atoms with Crippen LogP contribution in [0.4, 0.5) is 5.69 Å². The highest BCUT2D eigenvalue weighted by Gasteiger charge is 2.23. The quantitative estimate of drug-likeness (QED) is 0.621. The molecule has 3 rings (SSSR count). The van der Waals surface area contributed by atoms with E-state index in [1.54, 1.807) is 30.3 Å². The fraction of sp³-hybridized carbons (Fsp3) is 0.400. The minimum atomic E-state index is -0.203. The maximum Gasteiger partial charge on any atom is 0.253 e. The van der Waals surface area contributed by atoms with E-state index in [1.165, 1.54) is 0 Å². The van der Waals surface area contributed by atoms with Crippen molar-refractivity contribution in [1.29, 1.82) is 0 Å². The first-order valence-corrected chi connectivity index (χ1v) is 11.6. The number of hydrogen-bond donors (Lipinski definition) is 2. The summed E-state index contributed by atoms with van der Waals surface area (Å²) in [4.78, 5) is 41.6. The monoisotopic (exact) mass is 470 g/mol. The number of nitrogens with one attached hydrogen (secondary N) is 2. The van der Waals surface area contributed by atoms with Crippen LogP contribution in [0.2, 0.25) is 5.02 Å². The Bertz CT molecular complexity index is 987. The van der Waals surface area contributed by atoms with Crippen LogP contribution in [0.3, 0.4) is 0 Å². The van der Waals surface area contributed by atoms with Crippen LogP contribution in [0.1, 0.15) is 29.8 Å². The summed E-state index contributed by atoms with van der Waals surface area (Å²) in [5.41, 5.74) is 1.76. The standard InChI is InChI=1S/C25H31ClN4O3/c1-18(2)16-27-25(33)20-8-4-6-10-22(20)28-23(31)17-29-11-13-30(14-12-29)24(32)15-19-7-3-5-9-21(19)26/h3-10,18H,11-17H2,1-2H3,(H,27,33)(H,28,31). The molecule has 1 saturated heterocycles. The molecule has 1 heterocycles. The van der Waals surface area contributed by atoms with Crippen molar-refractivity contribution in [2.45, 2.75) is 20.3 Å². The maximum absolute atomic E-state index is 12.6. The van der Waals surface area contributed by atoms with Crippen molar-refractivity contribution in [2.75, 3.05) is 44.6 Å². The van der Waals surface area contributed by atoms with Gasteiger partial charge in [-0.25, -0.2) is 0 Å². The van der Waals surface area contributed by atoms with Gasteiger partial charge in [-0.15, -0.1) is 0 Å². The van der Waals surface area contributed by atoms with E-state index in [1.807, 2.05) is 41.8 Å². The summed E-state index contributed by atoms with van der Waals surface area (Å²) in [5.74, 6) is -0.0142. The van der Waals surface area contributed by atoms with Crippen molar-refractivity contribution in [2.24, 2.45) is 5.92 Å². The molecule has 3 amide bonds. The van der Waals surface area contributed by atoms with Crippen LogP contribution in [0.5, 0.6) is 0 Å². The van der Waals surface area contributed by atoms with E-state index >= 15 is 0 Å². The minimum absolute atomic E-state index is 0.0357. The molecule has 0 bridgehead atoms. The molecule has 0 atom stereocenters. The molecule has 7 nitrogen and oxygen atoms in total. The largest absolute Gasteiger partial charge is 0.352 e. The van der Waals surface area contributed by atoms with E-state index in [-0.39, 0.29) is 30.7 Å². The van der Waals surface area contributed by atoms with Crippen LogP contribution in [-0.4, -0.2) is 66.8 Å². The van der Waals surface area contributed by atoms with E-state index in [2.05, 4.69) is 10.6 Å². The molecule has 0 saturated carbocycles. The minimum Gasteiger partial charge on any atom is -0.352 e. The predicted octanol–water partition coefficient (Wildman–Crippen LogP) is 3.05. The third-order valence-electron chi connectivity index (χ3n) is 5.51. The molecule has 1 aliphatic rings. The molecule has 2 aromatic rings. The molecule has 33 heavy (non-hydrogen) atoms. The molecule has 1 aliphatic heterocycles. The van der Waals surface area contributed by atoms with Gasteiger partial charge in [-0.2, -0.15) is 0 Å². The van der Waals surface area contributed by atoms with Crippen molar-refractivity contribution in [3.63, 3.8) is 0 Å². The van der Waals surface area contributed by atoms with Crippen LogP contribution < -0.4 is 10.6 Å². The lowest BCUT2D eigenvalue weighted by atomic mass is 10.1. The predicted molar refractivity (Wildman–Crippen MR) is 130 cm³/mol. The number of piperazine rings is 1. The Morgan fingerprint density at radius 2 is 1.64 bits per heavy atom. The maximum atomic E-state index is 12.6. The van der Waals surface area contributed by atoms with E-state index in [0.29, 0.717) is 54.9 Å². The van der Waals surface area contributed by atoms with Gasteiger partial charge < -0.3 is 15.5 Å². The Kier molecular flexibility index (Phi) is 8.86. The van der Waals surface area contributed by atoms with Crippen molar-refractivity contribution >= 4 is 35.0 Å². The molecule has 1 fully saturated rings. The summed E-state index contributed by atoms with van der Waals surface area (Å²) in [5, 5.41) is 6.34. The fourth-order valence-corrected chi connectivity index (χ4v) is 3.85. The topological polar surface area (TPSA) is 81.8 Å². The van der Waals surface area contributed by atoms with Gasteiger partial charge in [-0.05, 0) is 29.7 Å². The summed E-state index contributed by atoms with van der Waals surface area (Å²) in [7, 11) is 0. The zero-order chi connectivity index (χ0) is 23.8. The number of rotatable bonds is 8. The van der Waals surface area contributed by atoms with Gasteiger partial charge in [0, 0.05) is 37.7 Å².